The molecule has 1 aliphatic rings. The highest BCUT2D eigenvalue weighted by Crippen LogP contribution is 2.38. The molecular formula is C13H19ClN2S. The summed E-state index contributed by atoms with van der Waals surface area (Å²) < 4.78 is 0. The molecule has 2 nitrogen and oxygen atoms in total. The SMILES string of the molecule is CCC1CCC(N)C(Sc2ncccc2Cl)C1. The van der Waals surface area contributed by atoms with Crippen molar-refractivity contribution in [3.63, 3.8) is 0 Å². The fourth-order valence-electron chi connectivity index (χ4n) is 2.34. The van der Waals surface area contributed by atoms with E-state index in [4.69, 9.17) is 17.3 Å². The van der Waals surface area contributed by atoms with Crippen LogP contribution < -0.4 is 5.73 Å². The molecular weight excluding hydrogens is 252 g/mol. The van der Waals surface area contributed by atoms with Crippen molar-refractivity contribution < 1.29 is 0 Å². The maximum atomic E-state index is 6.20. The molecule has 0 aliphatic heterocycles. The number of nitrogens with zero attached hydrogens (tertiary/aromatic N) is 1. The number of hydrogen-bond donors (Lipinski definition) is 1. The molecule has 17 heavy (non-hydrogen) atoms. The Balaban J connectivity index is 2.04. The van der Waals surface area contributed by atoms with Crippen LogP contribution in [0.4, 0.5) is 0 Å². The summed E-state index contributed by atoms with van der Waals surface area (Å²) in [7, 11) is 0. The predicted molar refractivity (Wildman–Crippen MR) is 74.5 cm³/mol. The summed E-state index contributed by atoms with van der Waals surface area (Å²) in [4.78, 5) is 4.33. The van der Waals surface area contributed by atoms with Crippen molar-refractivity contribution in [3.8, 4) is 0 Å². The molecule has 2 rings (SSSR count). The standard InChI is InChI=1S/C13H19ClN2S/c1-2-9-5-6-11(15)12(8-9)17-13-10(14)4-3-7-16-13/h3-4,7,9,11-12H,2,5-6,8,15H2,1H3. The zero-order valence-electron chi connectivity index (χ0n) is 10.1. The third-order valence-corrected chi connectivity index (χ3v) is 5.33. The van der Waals surface area contributed by atoms with E-state index in [0.29, 0.717) is 5.25 Å². The Kier molecular flexibility index (Phi) is 4.71. The van der Waals surface area contributed by atoms with E-state index < -0.39 is 0 Å². The Morgan fingerprint density at radius 3 is 3.06 bits per heavy atom. The third kappa shape index (κ3) is 3.36. The van der Waals surface area contributed by atoms with Gasteiger partial charge in [-0.25, -0.2) is 4.98 Å². The fourth-order valence-corrected chi connectivity index (χ4v) is 3.87. The summed E-state index contributed by atoms with van der Waals surface area (Å²) in [6.07, 6.45) is 6.63. The van der Waals surface area contributed by atoms with Gasteiger partial charge in [-0.3, -0.25) is 0 Å². The monoisotopic (exact) mass is 270 g/mol. The van der Waals surface area contributed by atoms with Crippen molar-refractivity contribution in [3.05, 3.63) is 23.4 Å². The van der Waals surface area contributed by atoms with Crippen LogP contribution in [0.3, 0.4) is 0 Å². The van der Waals surface area contributed by atoms with Crippen LogP contribution in [0.15, 0.2) is 23.4 Å². The van der Waals surface area contributed by atoms with Crippen LogP contribution in [-0.4, -0.2) is 16.3 Å². The Morgan fingerprint density at radius 1 is 1.53 bits per heavy atom. The van der Waals surface area contributed by atoms with E-state index in [2.05, 4.69) is 11.9 Å². The molecule has 1 saturated carbocycles. The minimum atomic E-state index is 0.279. The molecule has 3 atom stereocenters. The first-order valence-corrected chi connectivity index (χ1v) is 7.49. The van der Waals surface area contributed by atoms with E-state index in [1.807, 2.05) is 12.1 Å². The van der Waals surface area contributed by atoms with Crippen LogP contribution in [0.1, 0.15) is 32.6 Å². The Labute approximate surface area is 112 Å². The molecule has 1 heterocycles. The lowest BCUT2D eigenvalue weighted by atomic mass is 9.84. The van der Waals surface area contributed by atoms with Gasteiger partial charge in [0.25, 0.3) is 0 Å². The van der Waals surface area contributed by atoms with Crippen molar-refractivity contribution in [2.45, 2.75) is 48.9 Å². The summed E-state index contributed by atoms with van der Waals surface area (Å²) in [5, 5.41) is 2.12. The molecule has 0 bridgehead atoms. The molecule has 1 aromatic rings. The number of aromatic nitrogens is 1. The van der Waals surface area contributed by atoms with Gasteiger partial charge in [0.15, 0.2) is 0 Å². The van der Waals surface area contributed by atoms with Crippen LogP contribution in [0.25, 0.3) is 0 Å². The van der Waals surface area contributed by atoms with Crippen LogP contribution in [-0.2, 0) is 0 Å². The zero-order valence-corrected chi connectivity index (χ0v) is 11.7. The largest absolute Gasteiger partial charge is 0.327 e. The van der Waals surface area contributed by atoms with Crippen LogP contribution in [0.5, 0.6) is 0 Å². The smallest absolute Gasteiger partial charge is 0.115 e. The van der Waals surface area contributed by atoms with Crippen LogP contribution >= 0.6 is 23.4 Å². The fraction of sp³-hybridized carbons (Fsp3) is 0.615. The van der Waals surface area contributed by atoms with Crippen molar-refractivity contribution in [2.75, 3.05) is 0 Å². The molecule has 1 fully saturated rings. The number of hydrogen-bond acceptors (Lipinski definition) is 3. The van der Waals surface area contributed by atoms with Crippen molar-refractivity contribution in [2.24, 2.45) is 11.7 Å². The van der Waals surface area contributed by atoms with Gasteiger partial charge in [-0.05, 0) is 37.3 Å². The van der Waals surface area contributed by atoms with E-state index in [9.17, 15) is 0 Å². The van der Waals surface area contributed by atoms with Crippen molar-refractivity contribution in [1.82, 2.24) is 4.98 Å². The lowest BCUT2D eigenvalue weighted by molar-refractivity contribution is 0.327. The minimum Gasteiger partial charge on any atom is -0.327 e. The van der Waals surface area contributed by atoms with E-state index >= 15 is 0 Å². The number of thioether (sulfide) groups is 1. The average molecular weight is 271 g/mol. The van der Waals surface area contributed by atoms with Crippen molar-refractivity contribution >= 4 is 23.4 Å². The highest BCUT2D eigenvalue weighted by atomic mass is 35.5. The van der Waals surface area contributed by atoms with Gasteiger partial charge < -0.3 is 5.73 Å². The van der Waals surface area contributed by atoms with Gasteiger partial charge in [-0.15, -0.1) is 0 Å². The molecule has 4 heteroatoms. The maximum Gasteiger partial charge on any atom is 0.115 e. The average Bonchev–Trinajstić information content (AvgIpc) is 2.35. The molecule has 2 N–H and O–H groups in total. The van der Waals surface area contributed by atoms with Crippen LogP contribution in [0, 0.1) is 5.92 Å². The number of halogens is 1. The molecule has 0 saturated heterocycles. The van der Waals surface area contributed by atoms with Gasteiger partial charge in [0.2, 0.25) is 0 Å². The second kappa shape index (κ2) is 6.07. The summed E-state index contributed by atoms with van der Waals surface area (Å²) in [6.45, 7) is 2.26. The van der Waals surface area contributed by atoms with E-state index in [1.54, 1.807) is 18.0 Å². The quantitative estimate of drug-likeness (QED) is 0.910. The topological polar surface area (TPSA) is 38.9 Å². The summed E-state index contributed by atoms with van der Waals surface area (Å²) in [6, 6.07) is 4.03. The third-order valence-electron chi connectivity index (χ3n) is 3.52. The van der Waals surface area contributed by atoms with Gasteiger partial charge in [0, 0.05) is 17.5 Å². The molecule has 0 amide bonds. The number of nitrogens with two attached hydrogens (primary N) is 1. The lowest BCUT2D eigenvalue weighted by Gasteiger charge is -2.33. The molecule has 1 aromatic heterocycles. The summed E-state index contributed by atoms with van der Waals surface area (Å²) in [5.74, 6) is 0.815. The van der Waals surface area contributed by atoms with Gasteiger partial charge >= 0.3 is 0 Å². The highest BCUT2D eigenvalue weighted by molar-refractivity contribution is 8.00. The normalized spacial score (nSPS) is 29.2. The Hall–Kier alpha value is -0.250. The molecule has 94 valence electrons. The first kappa shape index (κ1) is 13.2. The second-order valence-electron chi connectivity index (χ2n) is 4.70. The van der Waals surface area contributed by atoms with Gasteiger partial charge in [-0.2, -0.15) is 0 Å². The molecule has 3 unspecified atom stereocenters. The molecule has 0 spiro atoms. The maximum absolute atomic E-state index is 6.20. The van der Waals surface area contributed by atoms with E-state index in [0.717, 1.165) is 22.4 Å². The minimum absolute atomic E-state index is 0.279. The summed E-state index contributed by atoms with van der Waals surface area (Å²) >= 11 is 7.89. The van der Waals surface area contributed by atoms with Crippen molar-refractivity contribution in [1.29, 1.82) is 0 Å². The molecule has 0 radical (unpaired) electrons. The molecule has 0 aromatic carbocycles. The van der Waals surface area contributed by atoms with Gasteiger partial charge in [0.05, 0.1) is 5.02 Å². The number of rotatable bonds is 3. The Morgan fingerprint density at radius 2 is 2.35 bits per heavy atom. The van der Waals surface area contributed by atoms with E-state index in [-0.39, 0.29) is 6.04 Å². The zero-order chi connectivity index (χ0) is 12.3. The lowest BCUT2D eigenvalue weighted by Crippen LogP contribution is -2.38. The first-order chi connectivity index (χ1) is 8.20. The second-order valence-corrected chi connectivity index (χ2v) is 6.33. The highest BCUT2D eigenvalue weighted by Gasteiger charge is 2.28. The first-order valence-electron chi connectivity index (χ1n) is 6.23. The van der Waals surface area contributed by atoms with E-state index in [1.165, 1.54) is 19.3 Å². The predicted octanol–water partition coefficient (Wildman–Crippen LogP) is 3.73. The van der Waals surface area contributed by atoms with Gasteiger partial charge in [0.1, 0.15) is 5.03 Å². The summed E-state index contributed by atoms with van der Waals surface area (Å²) in [5.41, 5.74) is 6.20. The molecule has 1 aliphatic carbocycles. The van der Waals surface area contributed by atoms with Gasteiger partial charge in [-0.1, -0.05) is 36.7 Å². The Bertz CT molecular complexity index is 372. The number of pyridine rings is 1. The van der Waals surface area contributed by atoms with Crippen LogP contribution in [0.2, 0.25) is 5.02 Å².